The van der Waals surface area contributed by atoms with Crippen molar-refractivity contribution in [2.75, 3.05) is 12.0 Å². The molecule has 3 rings (SSSR count). The number of ketones is 1. The summed E-state index contributed by atoms with van der Waals surface area (Å²) in [4.78, 5) is 15.7. The van der Waals surface area contributed by atoms with Crippen LogP contribution >= 0.6 is 27.5 Å². The number of rotatable bonds is 4. The van der Waals surface area contributed by atoms with Crippen LogP contribution in [-0.4, -0.2) is 27.0 Å². The van der Waals surface area contributed by atoms with Gasteiger partial charge < -0.3 is 4.98 Å². The molecule has 2 aromatic carbocycles. The lowest BCUT2D eigenvalue weighted by Crippen LogP contribution is -2.11. The fourth-order valence-electron chi connectivity index (χ4n) is 2.56. The molecule has 0 aliphatic carbocycles. The van der Waals surface area contributed by atoms with Gasteiger partial charge in [-0.15, -0.1) is 0 Å². The third-order valence-electron chi connectivity index (χ3n) is 3.52. The molecule has 118 valence electrons. The second-order valence-electron chi connectivity index (χ2n) is 5.19. The lowest BCUT2D eigenvalue weighted by molar-refractivity contribution is 0.101. The highest BCUT2D eigenvalue weighted by atomic mass is 79.9. The molecule has 0 aliphatic heterocycles. The maximum absolute atomic E-state index is 12.5. The number of halogens is 2. The van der Waals surface area contributed by atoms with Crippen molar-refractivity contribution in [1.82, 2.24) is 4.98 Å². The number of benzene rings is 2. The molecular formula is C17H13BrClNO2S. The van der Waals surface area contributed by atoms with Gasteiger partial charge in [0.15, 0.2) is 5.78 Å². The van der Waals surface area contributed by atoms with Crippen LogP contribution in [0.1, 0.15) is 10.5 Å². The van der Waals surface area contributed by atoms with Crippen molar-refractivity contribution in [1.29, 1.82) is 0 Å². The van der Waals surface area contributed by atoms with Crippen LogP contribution < -0.4 is 0 Å². The number of hydrogen-bond acceptors (Lipinski definition) is 2. The Balaban J connectivity index is 2.30. The molecular weight excluding hydrogens is 398 g/mol. The van der Waals surface area contributed by atoms with Crippen molar-refractivity contribution in [3.63, 3.8) is 0 Å². The van der Waals surface area contributed by atoms with E-state index < -0.39 is 10.8 Å². The molecule has 1 unspecified atom stereocenters. The van der Waals surface area contributed by atoms with Gasteiger partial charge in [-0.2, -0.15) is 0 Å². The minimum absolute atomic E-state index is 0.0123. The Labute approximate surface area is 149 Å². The van der Waals surface area contributed by atoms with Crippen molar-refractivity contribution in [3.05, 3.63) is 57.7 Å². The molecule has 0 aliphatic rings. The Kier molecular flexibility index (Phi) is 4.71. The summed E-state index contributed by atoms with van der Waals surface area (Å²) in [5.41, 5.74) is 2.99. The van der Waals surface area contributed by atoms with Gasteiger partial charge >= 0.3 is 0 Å². The maximum atomic E-state index is 12.5. The van der Waals surface area contributed by atoms with Crippen LogP contribution in [0, 0.1) is 0 Å². The van der Waals surface area contributed by atoms with E-state index in [9.17, 15) is 9.00 Å². The van der Waals surface area contributed by atoms with Gasteiger partial charge in [0.1, 0.15) is 0 Å². The van der Waals surface area contributed by atoms with E-state index in [2.05, 4.69) is 20.9 Å². The summed E-state index contributed by atoms with van der Waals surface area (Å²) >= 11 is 9.59. The van der Waals surface area contributed by atoms with Crippen LogP contribution in [0.5, 0.6) is 0 Å². The van der Waals surface area contributed by atoms with Gasteiger partial charge in [0.05, 0.1) is 16.5 Å². The monoisotopic (exact) mass is 409 g/mol. The lowest BCUT2D eigenvalue weighted by atomic mass is 10.0. The number of H-pyrrole nitrogens is 1. The number of fused-ring (bicyclic) bond motifs is 1. The molecule has 0 bridgehead atoms. The van der Waals surface area contributed by atoms with Crippen molar-refractivity contribution in [2.45, 2.75) is 0 Å². The van der Waals surface area contributed by atoms with Gasteiger partial charge in [-0.05, 0) is 33.6 Å². The Hall–Kier alpha value is -1.43. The number of carbonyl (C=O) groups is 1. The number of hydrogen-bond donors (Lipinski definition) is 1. The average Bonchev–Trinajstić information content (AvgIpc) is 2.86. The molecule has 23 heavy (non-hydrogen) atoms. The van der Waals surface area contributed by atoms with Crippen molar-refractivity contribution < 1.29 is 9.00 Å². The molecule has 1 heterocycles. The van der Waals surface area contributed by atoms with E-state index >= 15 is 0 Å². The molecule has 0 fully saturated rings. The van der Waals surface area contributed by atoms with E-state index in [-0.39, 0.29) is 11.5 Å². The second kappa shape index (κ2) is 6.59. The first-order valence-corrected chi connectivity index (χ1v) is 9.76. The van der Waals surface area contributed by atoms with Crippen molar-refractivity contribution in [3.8, 4) is 11.1 Å². The topological polar surface area (TPSA) is 49.9 Å². The highest BCUT2D eigenvalue weighted by molar-refractivity contribution is 9.10. The zero-order chi connectivity index (χ0) is 16.6. The Morgan fingerprint density at radius 1 is 1.26 bits per heavy atom. The zero-order valence-electron chi connectivity index (χ0n) is 12.2. The summed E-state index contributed by atoms with van der Waals surface area (Å²) in [6.07, 6.45) is 1.52. The van der Waals surface area contributed by atoms with Crippen LogP contribution in [0.25, 0.3) is 22.0 Å². The normalized spacial score (nSPS) is 12.5. The SMILES string of the molecule is CS(=O)CC(=O)c1[nH]c2cc(Cl)c(Br)cc2c1-c1ccccc1. The van der Waals surface area contributed by atoms with Gasteiger partial charge in [-0.3, -0.25) is 9.00 Å². The van der Waals surface area contributed by atoms with E-state index in [1.807, 2.05) is 36.4 Å². The molecule has 1 atom stereocenters. The Morgan fingerprint density at radius 2 is 1.96 bits per heavy atom. The molecule has 3 aromatic rings. The average molecular weight is 411 g/mol. The van der Waals surface area contributed by atoms with Gasteiger partial charge in [-0.25, -0.2) is 0 Å². The Bertz CT molecular complexity index is 921. The summed E-state index contributed by atoms with van der Waals surface area (Å²) in [6, 6.07) is 13.4. The molecule has 1 aromatic heterocycles. The van der Waals surface area contributed by atoms with Crippen molar-refractivity contribution in [2.24, 2.45) is 0 Å². The molecule has 0 radical (unpaired) electrons. The highest BCUT2D eigenvalue weighted by Crippen LogP contribution is 2.37. The van der Waals surface area contributed by atoms with Gasteiger partial charge in [0.2, 0.25) is 0 Å². The summed E-state index contributed by atoms with van der Waals surface area (Å²) in [5.74, 6) is -0.185. The standard InChI is InChI=1S/C17H13BrClNO2S/c1-23(22)9-15(21)17-16(10-5-3-2-4-6-10)11-7-12(18)13(19)8-14(11)20-17/h2-8,20H,9H2,1H3. The van der Waals surface area contributed by atoms with E-state index in [1.165, 1.54) is 6.26 Å². The van der Waals surface area contributed by atoms with E-state index in [4.69, 9.17) is 11.6 Å². The lowest BCUT2D eigenvalue weighted by Gasteiger charge is -2.04. The smallest absolute Gasteiger partial charge is 0.192 e. The first-order chi connectivity index (χ1) is 11.0. The Morgan fingerprint density at radius 3 is 2.61 bits per heavy atom. The minimum atomic E-state index is -1.20. The maximum Gasteiger partial charge on any atom is 0.192 e. The number of carbonyl (C=O) groups excluding carboxylic acids is 1. The fraction of sp³-hybridized carbons (Fsp3) is 0.118. The van der Waals surface area contributed by atoms with Gasteiger partial charge in [0, 0.05) is 38.0 Å². The summed E-state index contributed by atoms with van der Waals surface area (Å²) in [6.45, 7) is 0. The second-order valence-corrected chi connectivity index (χ2v) is 7.89. The number of nitrogens with one attached hydrogen (secondary N) is 1. The molecule has 3 nitrogen and oxygen atoms in total. The molecule has 0 amide bonds. The summed E-state index contributed by atoms with van der Waals surface area (Å²) in [5, 5.41) is 1.47. The first-order valence-electron chi connectivity index (χ1n) is 6.86. The molecule has 0 saturated carbocycles. The van der Waals surface area contributed by atoms with Crippen LogP contribution in [0.3, 0.4) is 0 Å². The predicted molar refractivity (Wildman–Crippen MR) is 99.7 cm³/mol. The van der Waals surface area contributed by atoms with E-state index in [1.54, 1.807) is 6.07 Å². The van der Waals surface area contributed by atoms with Crippen LogP contribution in [-0.2, 0) is 10.8 Å². The van der Waals surface area contributed by atoms with Crippen LogP contribution in [0.2, 0.25) is 5.02 Å². The van der Waals surface area contributed by atoms with E-state index in [0.717, 1.165) is 26.5 Å². The first kappa shape index (κ1) is 16.4. The van der Waals surface area contributed by atoms with E-state index in [0.29, 0.717) is 10.7 Å². The summed E-state index contributed by atoms with van der Waals surface area (Å²) < 4.78 is 12.2. The molecule has 1 N–H and O–H groups in total. The zero-order valence-corrected chi connectivity index (χ0v) is 15.4. The fourth-order valence-corrected chi connectivity index (χ4v) is 3.58. The number of aromatic amines is 1. The molecule has 0 spiro atoms. The van der Waals surface area contributed by atoms with Crippen LogP contribution in [0.4, 0.5) is 0 Å². The van der Waals surface area contributed by atoms with Gasteiger partial charge in [-0.1, -0.05) is 41.9 Å². The van der Waals surface area contributed by atoms with Crippen LogP contribution in [0.15, 0.2) is 46.9 Å². The molecule has 6 heteroatoms. The predicted octanol–water partition coefficient (Wildman–Crippen LogP) is 4.81. The molecule has 0 saturated heterocycles. The summed E-state index contributed by atoms with van der Waals surface area (Å²) in [7, 11) is -1.20. The quantitative estimate of drug-likeness (QED) is 0.627. The third-order valence-corrected chi connectivity index (χ3v) is 5.38. The number of Topliss-reactive ketones (excluding diaryl/α,β-unsaturated/α-hetero) is 1. The third kappa shape index (κ3) is 3.27. The number of aromatic nitrogens is 1. The highest BCUT2D eigenvalue weighted by Gasteiger charge is 2.20. The largest absolute Gasteiger partial charge is 0.352 e. The minimum Gasteiger partial charge on any atom is -0.352 e. The van der Waals surface area contributed by atoms with Gasteiger partial charge in [0.25, 0.3) is 0 Å². The van der Waals surface area contributed by atoms with Crippen molar-refractivity contribution >= 4 is 55.0 Å².